The Morgan fingerprint density at radius 3 is 1.63 bits per heavy atom. The average molecular weight is 419 g/mol. The summed E-state index contributed by atoms with van der Waals surface area (Å²) < 4.78 is 0. The molecule has 0 aliphatic heterocycles. The van der Waals surface area contributed by atoms with Crippen molar-refractivity contribution in [1.82, 2.24) is 0 Å². The van der Waals surface area contributed by atoms with Crippen LogP contribution in [0.25, 0.3) is 0 Å². The molecular weight excluding hydrogens is 360 g/mol. The number of allylic oxidation sites excluding steroid dienone is 2. The van der Waals surface area contributed by atoms with E-state index < -0.39 is 0 Å². The summed E-state index contributed by atoms with van der Waals surface area (Å²) in [5.41, 5.74) is 0. The first kappa shape index (κ1) is 29.7. The molecule has 0 aromatic carbocycles. The first-order chi connectivity index (χ1) is 14.6. The van der Waals surface area contributed by atoms with E-state index in [1.165, 1.54) is 116 Å². The van der Waals surface area contributed by atoms with E-state index in [4.69, 9.17) is 0 Å². The lowest BCUT2D eigenvalue weighted by molar-refractivity contribution is 0.400. The van der Waals surface area contributed by atoms with Crippen molar-refractivity contribution in [3.05, 3.63) is 26.0 Å². The van der Waals surface area contributed by atoms with Crippen molar-refractivity contribution in [2.24, 2.45) is 17.8 Å². The summed E-state index contributed by atoms with van der Waals surface area (Å²) in [7, 11) is 0. The molecule has 0 spiro atoms. The maximum Gasteiger partial charge on any atom is -0.0262 e. The Balaban J connectivity index is 3.35. The van der Waals surface area contributed by atoms with Crippen LogP contribution in [0, 0.1) is 31.6 Å². The highest BCUT2D eigenvalue weighted by molar-refractivity contribution is 4.86. The predicted molar refractivity (Wildman–Crippen MR) is 140 cm³/mol. The standard InChI is InChI=1S/C30H58/c1-6-8-9-10-15-18-23-29(4)24-19-16-13-11-12-14-17-20-25-30(5)27-21-26-28(3)22-7-2/h19,24,28-30H,1-2,6-18,20-23,25-27H2,3-5H3/b24-19+. The van der Waals surface area contributed by atoms with Crippen LogP contribution in [0.2, 0.25) is 0 Å². The predicted octanol–water partition coefficient (Wildman–Crippen LogP) is 10.9. The maximum atomic E-state index is 3.98. The van der Waals surface area contributed by atoms with Crippen LogP contribution in [0.5, 0.6) is 0 Å². The SMILES string of the molecule is [CH2]CCCCCCCC(C)/C=C/CCCCCCCCC(C)CCCC(C)CC[CH2]. The lowest BCUT2D eigenvalue weighted by Gasteiger charge is -2.13. The third-order valence-corrected chi connectivity index (χ3v) is 6.78. The van der Waals surface area contributed by atoms with Gasteiger partial charge in [0.25, 0.3) is 0 Å². The van der Waals surface area contributed by atoms with E-state index in [-0.39, 0.29) is 0 Å². The summed E-state index contributed by atoms with van der Waals surface area (Å²) in [5.74, 6) is 2.58. The van der Waals surface area contributed by atoms with Gasteiger partial charge < -0.3 is 0 Å². The van der Waals surface area contributed by atoms with Crippen LogP contribution in [0.3, 0.4) is 0 Å². The molecule has 0 fully saturated rings. The monoisotopic (exact) mass is 418 g/mol. The van der Waals surface area contributed by atoms with Crippen LogP contribution in [0.15, 0.2) is 12.2 Å². The van der Waals surface area contributed by atoms with E-state index in [0.29, 0.717) is 0 Å². The quantitative estimate of drug-likeness (QED) is 0.114. The molecule has 0 heteroatoms. The molecule has 3 unspecified atom stereocenters. The number of rotatable bonds is 23. The fraction of sp³-hybridized carbons (Fsp3) is 0.867. The van der Waals surface area contributed by atoms with Crippen molar-refractivity contribution in [3.8, 4) is 0 Å². The summed E-state index contributed by atoms with van der Waals surface area (Å²) in [5, 5.41) is 0. The van der Waals surface area contributed by atoms with Crippen LogP contribution >= 0.6 is 0 Å². The van der Waals surface area contributed by atoms with Crippen LogP contribution in [-0.2, 0) is 0 Å². The summed E-state index contributed by atoms with van der Waals surface area (Å²) in [4.78, 5) is 0. The Hall–Kier alpha value is -0.260. The topological polar surface area (TPSA) is 0 Å². The molecule has 0 amide bonds. The van der Waals surface area contributed by atoms with Gasteiger partial charge in [-0.3, -0.25) is 0 Å². The molecule has 0 aliphatic carbocycles. The van der Waals surface area contributed by atoms with Crippen molar-refractivity contribution in [3.63, 3.8) is 0 Å². The van der Waals surface area contributed by atoms with Crippen molar-refractivity contribution >= 4 is 0 Å². The molecule has 3 atom stereocenters. The molecule has 0 aromatic heterocycles. The van der Waals surface area contributed by atoms with Gasteiger partial charge in [0.1, 0.15) is 0 Å². The number of unbranched alkanes of at least 4 members (excludes halogenated alkanes) is 11. The van der Waals surface area contributed by atoms with Gasteiger partial charge in [0.05, 0.1) is 0 Å². The second kappa shape index (κ2) is 23.4. The van der Waals surface area contributed by atoms with Crippen LogP contribution in [-0.4, -0.2) is 0 Å². The molecular formula is C30H58. The normalized spacial score (nSPS) is 15.0. The Labute approximate surface area is 193 Å². The van der Waals surface area contributed by atoms with Crippen molar-refractivity contribution in [2.45, 2.75) is 149 Å². The molecule has 178 valence electrons. The van der Waals surface area contributed by atoms with Gasteiger partial charge in [-0.1, -0.05) is 156 Å². The van der Waals surface area contributed by atoms with E-state index in [1.54, 1.807) is 0 Å². The third-order valence-electron chi connectivity index (χ3n) is 6.78. The third kappa shape index (κ3) is 22.4. The zero-order valence-electron chi connectivity index (χ0n) is 21.4. The number of hydrogen-bond donors (Lipinski definition) is 0. The highest BCUT2D eigenvalue weighted by atomic mass is 14.1. The fourth-order valence-corrected chi connectivity index (χ4v) is 4.51. The molecule has 0 saturated heterocycles. The summed E-state index contributed by atoms with van der Waals surface area (Å²) in [6.45, 7) is 15.1. The largest absolute Gasteiger partial charge is 0.0883 e. The van der Waals surface area contributed by atoms with Gasteiger partial charge in [0.15, 0.2) is 0 Å². The second-order valence-corrected chi connectivity index (χ2v) is 10.3. The highest BCUT2D eigenvalue weighted by Gasteiger charge is 2.05. The van der Waals surface area contributed by atoms with Crippen LogP contribution in [0.1, 0.15) is 149 Å². The van der Waals surface area contributed by atoms with Gasteiger partial charge in [-0.2, -0.15) is 0 Å². The number of hydrogen-bond acceptors (Lipinski definition) is 0. The smallest absolute Gasteiger partial charge is 0.0262 e. The van der Waals surface area contributed by atoms with Crippen molar-refractivity contribution in [1.29, 1.82) is 0 Å². The molecule has 0 nitrogen and oxygen atoms in total. The van der Waals surface area contributed by atoms with E-state index in [9.17, 15) is 0 Å². The molecule has 0 aliphatic rings. The minimum absolute atomic E-state index is 0.770. The van der Waals surface area contributed by atoms with E-state index in [0.717, 1.165) is 30.6 Å². The molecule has 0 N–H and O–H groups in total. The van der Waals surface area contributed by atoms with E-state index >= 15 is 0 Å². The van der Waals surface area contributed by atoms with E-state index in [2.05, 4.69) is 46.8 Å². The van der Waals surface area contributed by atoms with Gasteiger partial charge >= 0.3 is 0 Å². The summed E-state index contributed by atoms with van der Waals surface area (Å²) in [6.07, 6.45) is 32.3. The van der Waals surface area contributed by atoms with Gasteiger partial charge in [-0.05, 0) is 37.0 Å². The average Bonchev–Trinajstić information content (AvgIpc) is 2.72. The summed E-state index contributed by atoms with van der Waals surface area (Å²) >= 11 is 0. The zero-order chi connectivity index (χ0) is 22.3. The highest BCUT2D eigenvalue weighted by Crippen LogP contribution is 2.20. The molecule has 0 aromatic rings. The molecule has 0 bridgehead atoms. The Kier molecular flexibility index (Phi) is 23.2. The van der Waals surface area contributed by atoms with Gasteiger partial charge in [-0.15, -0.1) is 0 Å². The Morgan fingerprint density at radius 1 is 0.500 bits per heavy atom. The lowest BCUT2D eigenvalue weighted by atomic mass is 9.93. The van der Waals surface area contributed by atoms with Crippen molar-refractivity contribution < 1.29 is 0 Å². The molecule has 0 heterocycles. The maximum absolute atomic E-state index is 3.98. The van der Waals surface area contributed by atoms with Crippen LogP contribution in [0.4, 0.5) is 0 Å². The molecule has 0 rings (SSSR count). The van der Waals surface area contributed by atoms with Gasteiger partial charge in [0.2, 0.25) is 0 Å². The Bertz CT molecular complexity index is 342. The fourth-order valence-electron chi connectivity index (χ4n) is 4.51. The van der Waals surface area contributed by atoms with Gasteiger partial charge in [-0.25, -0.2) is 0 Å². The van der Waals surface area contributed by atoms with Gasteiger partial charge in [0, 0.05) is 0 Å². The lowest BCUT2D eigenvalue weighted by Crippen LogP contribution is -1.99. The molecule has 30 heavy (non-hydrogen) atoms. The van der Waals surface area contributed by atoms with Crippen molar-refractivity contribution in [2.75, 3.05) is 0 Å². The minimum atomic E-state index is 0.770. The second-order valence-electron chi connectivity index (χ2n) is 10.3. The summed E-state index contributed by atoms with van der Waals surface area (Å²) in [6, 6.07) is 0. The minimum Gasteiger partial charge on any atom is -0.0883 e. The molecule has 0 saturated carbocycles. The first-order valence-electron chi connectivity index (χ1n) is 13.8. The van der Waals surface area contributed by atoms with Crippen LogP contribution < -0.4 is 0 Å². The zero-order valence-corrected chi connectivity index (χ0v) is 21.4. The Morgan fingerprint density at radius 2 is 1.00 bits per heavy atom. The first-order valence-corrected chi connectivity index (χ1v) is 13.8. The molecule has 2 radical (unpaired) electrons. The van der Waals surface area contributed by atoms with E-state index in [1.807, 2.05) is 0 Å².